The number of carbonyl (C=O) groups excluding carboxylic acids is 2. The summed E-state index contributed by atoms with van der Waals surface area (Å²) >= 11 is 0. The zero-order valence-electron chi connectivity index (χ0n) is 14.8. The molecule has 0 unspecified atom stereocenters. The third-order valence-corrected chi connectivity index (χ3v) is 4.40. The standard InChI is InChI=1S/C19H19N3O5/c1-27-17-12-13(9-10-16(17)21-11-5-4-8-18(21)23)20-19(24)14-6-2-3-7-15(14)22(25)26/h2-3,6-7,9-10,12H,4-5,8,11H2,1H3,(H,20,24). The van der Waals surface area contributed by atoms with Crippen molar-refractivity contribution >= 4 is 28.9 Å². The summed E-state index contributed by atoms with van der Waals surface area (Å²) in [5.74, 6) is -0.104. The van der Waals surface area contributed by atoms with E-state index < -0.39 is 10.8 Å². The van der Waals surface area contributed by atoms with E-state index in [4.69, 9.17) is 4.74 Å². The normalized spacial score (nSPS) is 14.0. The van der Waals surface area contributed by atoms with E-state index in [-0.39, 0.29) is 17.2 Å². The van der Waals surface area contributed by atoms with Crippen molar-refractivity contribution in [3.63, 3.8) is 0 Å². The Kier molecular flexibility index (Phi) is 5.35. The molecule has 1 heterocycles. The molecule has 0 radical (unpaired) electrons. The van der Waals surface area contributed by atoms with Gasteiger partial charge in [-0.3, -0.25) is 19.7 Å². The predicted octanol–water partition coefficient (Wildman–Crippen LogP) is 3.37. The largest absolute Gasteiger partial charge is 0.494 e. The minimum atomic E-state index is -0.597. The monoisotopic (exact) mass is 369 g/mol. The second-order valence-electron chi connectivity index (χ2n) is 6.12. The van der Waals surface area contributed by atoms with Gasteiger partial charge >= 0.3 is 0 Å². The van der Waals surface area contributed by atoms with Gasteiger partial charge in [-0.2, -0.15) is 0 Å². The number of carbonyl (C=O) groups is 2. The molecule has 1 aliphatic rings. The van der Waals surface area contributed by atoms with Crippen LogP contribution in [0.15, 0.2) is 42.5 Å². The van der Waals surface area contributed by atoms with Crippen molar-refractivity contribution in [1.29, 1.82) is 0 Å². The maximum Gasteiger partial charge on any atom is 0.282 e. The van der Waals surface area contributed by atoms with Crippen LogP contribution in [-0.4, -0.2) is 30.4 Å². The molecule has 2 amide bonds. The van der Waals surface area contributed by atoms with Gasteiger partial charge in [0.15, 0.2) is 0 Å². The molecule has 0 atom stereocenters. The Hall–Kier alpha value is -3.42. The van der Waals surface area contributed by atoms with Crippen LogP contribution in [0.2, 0.25) is 0 Å². The molecule has 0 aliphatic carbocycles. The van der Waals surface area contributed by atoms with Crippen LogP contribution in [0.25, 0.3) is 0 Å². The van der Waals surface area contributed by atoms with E-state index in [0.717, 1.165) is 12.8 Å². The number of hydrogen-bond donors (Lipinski definition) is 1. The minimum absolute atomic E-state index is 0.0308. The van der Waals surface area contributed by atoms with Crippen LogP contribution in [-0.2, 0) is 4.79 Å². The van der Waals surface area contributed by atoms with Crippen molar-refractivity contribution in [3.8, 4) is 5.75 Å². The number of nitro groups is 1. The first kappa shape index (κ1) is 18.4. The van der Waals surface area contributed by atoms with Crippen molar-refractivity contribution in [3.05, 3.63) is 58.1 Å². The molecule has 3 rings (SSSR count). The van der Waals surface area contributed by atoms with Crippen molar-refractivity contribution < 1.29 is 19.2 Å². The van der Waals surface area contributed by atoms with E-state index in [1.54, 1.807) is 29.2 Å². The number of anilines is 2. The average Bonchev–Trinajstić information content (AvgIpc) is 2.68. The van der Waals surface area contributed by atoms with Gasteiger partial charge in [-0.1, -0.05) is 12.1 Å². The zero-order valence-corrected chi connectivity index (χ0v) is 14.8. The second-order valence-corrected chi connectivity index (χ2v) is 6.12. The van der Waals surface area contributed by atoms with Gasteiger partial charge in [0.25, 0.3) is 11.6 Å². The van der Waals surface area contributed by atoms with Gasteiger partial charge in [0.05, 0.1) is 17.7 Å². The van der Waals surface area contributed by atoms with Gasteiger partial charge < -0.3 is 15.0 Å². The summed E-state index contributed by atoms with van der Waals surface area (Å²) < 4.78 is 5.38. The van der Waals surface area contributed by atoms with E-state index in [0.29, 0.717) is 30.1 Å². The van der Waals surface area contributed by atoms with Crippen LogP contribution in [0.5, 0.6) is 5.75 Å². The maximum absolute atomic E-state index is 12.5. The number of ether oxygens (including phenoxy) is 1. The first-order valence-corrected chi connectivity index (χ1v) is 8.54. The van der Waals surface area contributed by atoms with Crippen molar-refractivity contribution in [2.45, 2.75) is 19.3 Å². The number of benzene rings is 2. The molecular weight excluding hydrogens is 350 g/mol. The number of methoxy groups -OCH3 is 1. The average molecular weight is 369 g/mol. The summed E-state index contributed by atoms with van der Waals surface area (Å²) in [5, 5.41) is 13.7. The number of rotatable bonds is 5. The highest BCUT2D eigenvalue weighted by Crippen LogP contribution is 2.33. The molecule has 1 N–H and O–H groups in total. The Morgan fingerprint density at radius 1 is 1.22 bits per heavy atom. The topological polar surface area (TPSA) is 102 Å². The smallest absolute Gasteiger partial charge is 0.282 e. The lowest BCUT2D eigenvalue weighted by Crippen LogP contribution is -2.35. The molecule has 2 aromatic rings. The van der Waals surface area contributed by atoms with E-state index >= 15 is 0 Å². The Bertz CT molecular complexity index is 897. The summed E-state index contributed by atoms with van der Waals surface area (Å²) in [4.78, 5) is 36.8. The predicted molar refractivity (Wildman–Crippen MR) is 100 cm³/mol. The molecule has 27 heavy (non-hydrogen) atoms. The fraction of sp³-hybridized carbons (Fsp3) is 0.263. The highest BCUT2D eigenvalue weighted by atomic mass is 16.6. The van der Waals surface area contributed by atoms with Gasteiger partial charge in [-0.15, -0.1) is 0 Å². The molecule has 2 aromatic carbocycles. The van der Waals surface area contributed by atoms with Crippen LogP contribution in [0, 0.1) is 10.1 Å². The Balaban J connectivity index is 1.85. The van der Waals surface area contributed by atoms with Crippen molar-refractivity contribution in [2.24, 2.45) is 0 Å². The molecule has 1 fully saturated rings. The molecule has 1 saturated heterocycles. The van der Waals surface area contributed by atoms with E-state index in [1.165, 1.54) is 25.3 Å². The molecule has 0 bridgehead atoms. The number of amides is 2. The number of piperidine rings is 1. The summed E-state index contributed by atoms with van der Waals surface area (Å²) in [6, 6.07) is 10.7. The highest BCUT2D eigenvalue weighted by molar-refractivity contribution is 6.07. The lowest BCUT2D eigenvalue weighted by molar-refractivity contribution is -0.385. The number of para-hydroxylation sites is 1. The van der Waals surface area contributed by atoms with Crippen LogP contribution < -0.4 is 15.0 Å². The molecule has 0 spiro atoms. The third kappa shape index (κ3) is 3.89. The maximum atomic E-state index is 12.5. The summed E-state index contributed by atoms with van der Waals surface area (Å²) in [7, 11) is 1.49. The van der Waals surface area contributed by atoms with Crippen LogP contribution in [0.4, 0.5) is 17.1 Å². The summed E-state index contributed by atoms with van der Waals surface area (Å²) in [6.07, 6.45) is 2.30. The lowest BCUT2D eigenvalue weighted by Gasteiger charge is -2.28. The Labute approximate surface area is 155 Å². The number of nitrogens with one attached hydrogen (secondary N) is 1. The molecule has 1 aliphatic heterocycles. The summed E-state index contributed by atoms with van der Waals surface area (Å²) in [6.45, 7) is 0.622. The first-order chi connectivity index (χ1) is 13.0. The van der Waals surface area contributed by atoms with Crippen molar-refractivity contribution in [2.75, 3.05) is 23.9 Å². The quantitative estimate of drug-likeness (QED) is 0.643. The SMILES string of the molecule is COc1cc(NC(=O)c2ccccc2[N+](=O)[O-])ccc1N1CCCCC1=O. The third-order valence-electron chi connectivity index (χ3n) is 4.40. The van der Waals surface area contributed by atoms with Crippen LogP contribution >= 0.6 is 0 Å². The summed E-state index contributed by atoms with van der Waals surface area (Å²) in [5.41, 5.74) is 0.767. The number of hydrogen-bond acceptors (Lipinski definition) is 5. The second kappa shape index (κ2) is 7.86. The van der Waals surface area contributed by atoms with Gasteiger partial charge in [0.1, 0.15) is 11.3 Å². The van der Waals surface area contributed by atoms with E-state index in [2.05, 4.69) is 5.32 Å². The molecule has 8 heteroatoms. The lowest BCUT2D eigenvalue weighted by atomic mass is 10.1. The van der Waals surface area contributed by atoms with Gasteiger partial charge in [0.2, 0.25) is 5.91 Å². The van der Waals surface area contributed by atoms with Gasteiger partial charge in [0, 0.05) is 30.8 Å². The van der Waals surface area contributed by atoms with E-state index in [1.807, 2.05) is 0 Å². The Morgan fingerprint density at radius 2 is 2.00 bits per heavy atom. The van der Waals surface area contributed by atoms with Gasteiger partial charge in [-0.25, -0.2) is 0 Å². The molecular formula is C19H19N3O5. The molecule has 0 saturated carbocycles. The molecule has 140 valence electrons. The van der Waals surface area contributed by atoms with Crippen molar-refractivity contribution in [1.82, 2.24) is 0 Å². The highest BCUT2D eigenvalue weighted by Gasteiger charge is 2.23. The van der Waals surface area contributed by atoms with Crippen LogP contribution in [0.3, 0.4) is 0 Å². The fourth-order valence-electron chi connectivity index (χ4n) is 3.06. The Morgan fingerprint density at radius 3 is 2.70 bits per heavy atom. The molecule has 8 nitrogen and oxygen atoms in total. The molecule has 0 aromatic heterocycles. The number of nitro benzene ring substituents is 1. The minimum Gasteiger partial charge on any atom is -0.494 e. The number of nitrogens with zero attached hydrogens (tertiary/aromatic N) is 2. The van der Waals surface area contributed by atoms with Gasteiger partial charge in [-0.05, 0) is 31.0 Å². The van der Waals surface area contributed by atoms with Crippen LogP contribution in [0.1, 0.15) is 29.6 Å². The fourth-order valence-corrected chi connectivity index (χ4v) is 3.06. The zero-order chi connectivity index (χ0) is 19.4. The first-order valence-electron chi connectivity index (χ1n) is 8.54. The van der Waals surface area contributed by atoms with E-state index in [9.17, 15) is 19.7 Å².